The Morgan fingerprint density at radius 3 is 2.24 bits per heavy atom. The molecule has 7 nitrogen and oxygen atoms in total. The molecule has 2 aromatic heterocycles. The summed E-state index contributed by atoms with van der Waals surface area (Å²) in [6.07, 6.45) is -2.77. The zero-order chi connectivity index (χ0) is 25.7. The minimum atomic E-state index is -4.38. The van der Waals surface area contributed by atoms with Gasteiger partial charge in [-0.2, -0.15) is 23.1 Å². The van der Waals surface area contributed by atoms with E-state index in [-0.39, 0.29) is 0 Å². The monoisotopic (exact) mass is 504 g/mol. The van der Waals surface area contributed by atoms with Gasteiger partial charge < -0.3 is 19.9 Å². The van der Waals surface area contributed by atoms with Crippen LogP contribution in [0.15, 0.2) is 91.3 Å². The molecule has 0 radical (unpaired) electrons. The van der Waals surface area contributed by atoms with Gasteiger partial charge in [0.25, 0.3) is 0 Å². The fraction of sp³-hybridized carbons (Fsp3) is 0.148. The van der Waals surface area contributed by atoms with E-state index in [2.05, 4.69) is 25.6 Å². The predicted molar refractivity (Wildman–Crippen MR) is 136 cm³/mol. The van der Waals surface area contributed by atoms with Crippen LogP contribution in [0.5, 0.6) is 5.75 Å². The molecular formula is C27H23F3N6O. The summed E-state index contributed by atoms with van der Waals surface area (Å²) in [6, 6.07) is 24.1. The fourth-order valence-electron chi connectivity index (χ4n) is 3.74. The van der Waals surface area contributed by atoms with Gasteiger partial charge in [0.15, 0.2) is 17.0 Å². The number of rotatable bonds is 9. The van der Waals surface area contributed by atoms with E-state index in [4.69, 9.17) is 4.74 Å². The van der Waals surface area contributed by atoms with Crippen molar-refractivity contribution in [2.45, 2.75) is 12.7 Å². The third-order valence-corrected chi connectivity index (χ3v) is 5.53. The second-order valence-corrected chi connectivity index (χ2v) is 8.21. The second-order valence-electron chi connectivity index (χ2n) is 8.21. The Kier molecular flexibility index (Phi) is 6.89. The maximum Gasteiger partial charge on any atom is 0.416 e. The summed E-state index contributed by atoms with van der Waals surface area (Å²) in [5.41, 5.74) is 1.90. The van der Waals surface area contributed by atoms with E-state index in [1.807, 2.05) is 60.7 Å². The zero-order valence-corrected chi connectivity index (χ0v) is 19.6. The summed E-state index contributed by atoms with van der Waals surface area (Å²) in [5, 5.41) is 6.47. The lowest BCUT2D eigenvalue weighted by atomic mass is 10.1. The molecule has 0 aliphatic carbocycles. The molecule has 0 aliphatic heterocycles. The average Bonchev–Trinajstić information content (AvgIpc) is 3.30. The van der Waals surface area contributed by atoms with Gasteiger partial charge in [0.2, 0.25) is 5.95 Å². The van der Waals surface area contributed by atoms with E-state index in [0.29, 0.717) is 48.2 Å². The van der Waals surface area contributed by atoms with Crippen molar-refractivity contribution in [3.63, 3.8) is 0 Å². The van der Waals surface area contributed by atoms with Gasteiger partial charge in [-0.05, 0) is 42.0 Å². The van der Waals surface area contributed by atoms with Crippen molar-refractivity contribution in [1.82, 2.24) is 19.5 Å². The van der Waals surface area contributed by atoms with Crippen LogP contribution in [0.3, 0.4) is 0 Å². The molecule has 0 saturated carbocycles. The number of para-hydroxylation sites is 2. The van der Waals surface area contributed by atoms with Gasteiger partial charge in [-0.1, -0.05) is 48.5 Å². The number of benzene rings is 3. The zero-order valence-electron chi connectivity index (χ0n) is 19.6. The Hall–Kier alpha value is -4.60. The van der Waals surface area contributed by atoms with E-state index in [1.54, 1.807) is 10.9 Å². The summed E-state index contributed by atoms with van der Waals surface area (Å²) in [6.45, 7) is 1.17. The number of nitrogens with zero attached hydrogens (tertiary/aromatic N) is 4. The van der Waals surface area contributed by atoms with Crippen molar-refractivity contribution < 1.29 is 17.9 Å². The molecule has 0 amide bonds. The predicted octanol–water partition coefficient (Wildman–Crippen LogP) is 6.13. The molecule has 0 atom stereocenters. The minimum absolute atomic E-state index is 0.299. The molecule has 0 saturated heterocycles. The molecule has 0 fully saturated rings. The molecule has 5 aromatic rings. The highest BCUT2D eigenvalue weighted by Gasteiger charge is 2.30. The quantitative estimate of drug-likeness (QED) is 0.235. The normalized spacial score (nSPS) is 11.4. The Balaban J connectivity index is 1.39. The van der Waals surface area contributed by atoms with Gasteiger partial charge in [0, 0.05) is 5.69 Å². The van der Waals surface area contributed by atoms with E-state index < -0.39 is 11.7 Å². The maximum absolute atomic E-state index is 12.9. The summed E-state index contributed by atoms with van der Waals surface area (Å²) < 4.78 is 46.4. The second kappa shape index (κ2) is 10.6. The first kappa shape index (κ1) is 24.1. The van der Waals surface area contributed by atoms with Crippen LogP contribution < -0.4 is 15.4 Å². The molecule has 0 spiro atoms. The highest BCUT2D eigenvalue weighted by Crippen LogP contribution is 2.29. The standard InChI is InChI=1S/C27H23F3N6O/c28-27(29,30)20-13-11-19(12-14-20)17-36-18-32-23-24(31-15-16-37-22-9-5-2-6-10-22)34-26(35-25(23)36)33-21-7-3-1-4-8-21/h1-14,18H,15-17H2,(H2,31,33,34,35). The van der Waals surface area contributed by atoms with Gasteiger partial charge >= 0.3 is 6.18 Å². The summed E-state index contributed by atoms with van der Waals surface area (Å²) >= 11 is 0. The summed E-state index contributed by atoms with van der Waals surface area (Å²) in [4.78, 5) is 13.7. The number of fused-ring (bicyclic) bond motifs is 1. The minimum Gasteiger partial charge on any atom is -0.492 e. The molecule has 5 rings (SSSR count). The van der Waals surface area contributed by atoms with Gasteiger partial charge in [-0.15, -0.1) is 0 Å². The van der Waals surface area contributed by atoms with Crippen molar-refractivity contribution in [3.05, 3.63) is 102 Å². The molecule has 0 bridgehead atoms. The van der Waals surface area contributed by atoms with Gasteiger partial charge in [-0.3, -0.25) is 0 Å². The number of hydrogen-bond acceptors (Lipinski definition) is 6. The molecule has 3 aromatic carbocycles. The number of aromatic nitrogens is 4. The highest BCUT2D eigenvalue weighted by molar-refractivity contribution is 5.84. The first-order valence-corrected chi connectivity index (χ1v) is 11.6. The number of alkyl halides is 3. The highest BCUT2D eigenvalue weighted by atomic mass is 19.4. The Bertz CT molecular complexity index is 1460. The first-order valence-electron chi connectivity index (χ1n) is 11.6. The smallest absolute Gasteiger partial charge is 0.416 e. The van der Waals surface area contributed by atoms with Crippen LogP contribution in [0.25, 0.3) is 11.2 Å². The molecule has 37 heavy (non-hydrogen) atoms. The molecule has 2 heterocycles. The number of nitrogens with one attached hydrogen (secondary N) is 2. The molecule has 0 aliphatic rings. The van der Waals surface area contributed by atoms with Crippen LogP contribution in [0.4, 0.5) is 30.6 Å². The van der Waals surface area contributed by atoms with Crippen molar-refractivity contribution >= 4 is 28.6 Å². The molecular weight excluding hydrogens is 481 g/mol. The largest absolute Gasteiger partial charge is 0.492 e. The van der Waals surface area contributed by atoms with Crippen LogP contribution in [-0.2, 0) is 12.7 Å². The lowest BCUT2D eigenvalue weighted by Gasteiger charge is -2.12. The van der Waals surface area contributed by atoms with Crippen molar-refractivity contribution in [2.75, 3.05) is 23.8 Å². The molecule has 2 N–H and O–H groups in total. The topological polar surface area (TPSA) is 76.9 Å². The van der Waals surface area contributed by atoms with Crippen molar-refractivity contribution in [3.8, 4) is 5.75 Å². The number of ether oxygens (including phenoxy) is 1. The van der Waals surface area contributed by atoms with Crippen LogP contribution in [-0.4, -0.2) is 32.7 Å². The summed E-state index contributed by atoms with van der Waals surface area (Å²) in [7, 11) is 0. The van der Waals surface area contributed by atoms with Crippen molar-refractivity contribution in [2.24, 2.45) is 0 Å². The summed E-state index contributed by atoms with van der Waals surface area (Å²) in [5.74, 6) is 1.65. The lowest BCUT2D eigenvalue weighted by molar-refractivity contribution is -0.137. The van der Waals surface area contributed by atoms with E-state index >= 15 is 0 Å². The van der Waals surface area contributed by atoms with Gasteiger partial charge in [0.05, 0.1) is 25.0 Å². The molecule has 10 heteroatoms. The Labute approximate surface area is 211 Å². The maximum atomic E-state index is 12.9. The van der Waals surface area contributed by atoms with Crippen LogP contribution in [0.1, 0.15) is 11.1 Å². The number of anilines is 3. The lowest BCUT2D eigenvalue weighted by Crippen LogP contribution is -2.14. The third-order valence-electron chi connectivity index (χ3n) is 5.53. The van der Waals surface area contributed by atoms with Crippen LogP contribution in [0.2, 0.25) is 0 Å². The van der Waals surface area contributed by atoms with Gasteiger partial charge in [0.1, 0.15) is 12.4 Å². The van der Waals surface area contributed by atoms with E-state index in [9.17, 15) is 13.2 Å². The third kappa shape index (κ3) is 5.97. The number of hydrogen-bond donors (Lipinski definition) is 2. The Morgan fingerprint density at radius 1 is 0.838 bits per heavy atom. The van der Waals surface area contributed by atoms with Crippen LogP contribution >= 0.6 is 0 Å². The molecule has 0 unspecified atom stereocenters. The van der Waals surface area contributed by atoms with Crippen LogP contribution in [0, 0.1) is 0 Å². The van der Waals surface area contributed by atoms with E-state index in [1.165, 1.54) is 12.1 Å². The van der Waals surface area contributed by atoms with Crippen molar-refractivity contribution in [1.29, 1.82) is 0 Å². The Morgan fingerprint density at radius 2 is 1.54 bits per heavy atom. The molecule has 188 valence electrons. The van der Waals surface area contributed by atoms with E-state index in [0.717, 1.165) is 23.6 Å². The first-order chi connectivity index (χ1) is 18.0. The number of imidazole rings is 1. The van der Waals surface area contributed by atoms with Gasteiger partial charge in [-0.25, -0.2) is 4.98 Å². The fourth-order valence-corrected chi connectivity index (χ4v) is 3.74. The SMILES string of the molecule is FC(F)(F)c1ccc(Cn2cnc3c(NCCOc4ccccc4)nc(Nc4ccccc4)nc32)cc1. The number of halogens is 3. The average molecular weight is 505 g/mol.